The number of ether oxygens (including phenoxy) is 2. The number of hydrogen-bond donors (Lipinski definition) is 1. The molecule has 0 radical (unpaired) electrons. The first-order valence-corrected chi connectivity index (χ1v) is 15.2. The Morgan fingerprint density at radius 1 is 0.744 bits per heavy atom. The Kier molecular flexibility index (Phi) is 12.5. The van der Waals surface area contributed by atoms with Crippen LogP contribution in [0.5, 0.6) is 11.5 Å². The van der Waals surface area contributed by atoms with Gasteiger partial charge in [0.15, 0.2) is 0 Å². The minimum Gasteiger partial charge on any atom is -0.493 e. The van der Waals surface area contributed by atoms with Crippen molar-refractivity contribution in [2.24, 2.45) is 0 Å². The second-order valence-electron chi connectivity index (χ2n) is 13.3. The van der Waals surface area contributed by atoms with Crippen molar-refractivity contribution in [2.45, 2.75) is 125 Å². The number of rotatable bonds is 15. The number of hydrogen-bond acceptors (Lipinski definition) is 3. The molecule has 0 spiro atoms. The third-order valence-electron chi connectivity index (χ3n) is 7.33. The van der Waals surface area contributed by atoms with Crippen LogP contribution in [-0.4, -0.2) is 19.8 Å². The Balaban J connectivity index is 2.51. The van der Waals surface area contributed by atoms with Crippen LogP contribution in [-0.2, 0) is 23.7 Å². The molecule has 39 heavy (non-hydrogen) atoms. The molecule has 0 amide bonds. The second-order valence-corrected chi connectivity index (χ2v) is 13.3. The first-order chi connectivity index (χ1) is 18.3. The summed E-state index contributed by atoms with van der Waals surface area (Å²) in [5.41, 5.74) is 8.92. The van der Waals surface area contributed by atoms with Crippen LogP contribution < -0.4 is 14.8 Å². The zero-order valence-electron chi connectivity index (χ0n) is 26.9. The molecular weight excluding hydrogens is 478 g/mol. The predicted molar refractivity (Wildman–Crippen MR) is 170 cm³/mol. The molecule has 2 aromatic rings. The van der Waals surface area contributed by atoms with E-state index in [0.29, 0.717) is 6.61 Å². The van der Waals surface area contributed by atoms with Gasteiger partial charge in [-0.05, 0) is 83.7 Å². The summed E-state index contributed by atoms with van der Waals surface area (Å²) in [6.07, 6.45) is 7.30. The summed E-state index contributed by atoms with van der Waals surface area (Å²) >= 11 is 0. The van der Waals surface area contributed by atoms with Gasteiger partial charge in [-0.3, -0.25) is 0 Å². The highest BCUT2D eigenvalue weighted by Gasteiger charge is 2.23. The van der Waals surface area contributed by atoms with Crippen molar-refractivity contribution in [2.75, 3.05) is 19.8 Å². The molecule has 0 saturated heterocycles. The van der Waals surface area contributed by atoms with Gasteiger partial charge >= 0.3 is 0 Å². The standard InChI is InChI=1S/C36H57NO2/c1-12-14-16-19-38-33-27(5)21-31(35(6,7)8)24-29(33)22-30-25-32(36(9,10)11)23-28(13-2)34(30)39-20-17-15-18-37-26(3)4/h21,23-25,37H,3,12-20,22H2,1-2,4-11H3. The van der Waals surface area contributed by atoms with E-state index in [9.17, 15) is 0 Å². The van der Waals surface area contributed by atoms with Crippen LogP contribution >= 0.6 is 0 Å². The number of aryl methyl sites for hydroxylation is 2. The van der Waals surface area contributed by atoms with Crippen LogP contribution in [0.1, 0.15) is 128 Å². The van der Waals surface area contributed by atoms with Gasteiger partial charge in [0.1, 0.15) is 11.5 Å². The van der Waals surface area contributed by atoms with Crippen LogP contribution in [0.15, 0.2) is 36.5 Å². The molecule has 0 aliphatic carbocycles. The molecule has 218 valence electrons. The zero-order valence-corrected chi connectivity index (χ0v) is 26.9. The van der Waals surface area contributed by atoms with E-state index < -0.39 is 0 Å². The molecule has 0 saturated carbocycles. The van der Waals surface area contributed by atoms with E-state index in [0.717, 1.165) is 62.5 Å². The quantitative estimate of drug-likeness (QED) is 0.230. The fourth-order valence-electron chi connectivity index (χ4n) is 4.82. The minimum absolute atomic E-state index is 0.0636. The van der Waals surface area contributed by atoms with Gasteiger partial charge in [0.25, 0.3) is 0 Å². The lowest BCUT2D eigenvalue weighted by molar-refractivity contribution is 0.298. The van der Waals surface area contributed by atoms with Crippen LogP contribution in [0, 0.1) is 6.92 Å². The molecule has 0 aliphatic heterocycles. The molecule has 2 aromatic carbocycles. The molecule has 0 aromatic heterocycles. The smallest absolute Gasteiger partial charge is 0.126 e. The van der Waals surface area contributed by atoms with E-state index in [-0.39, 0.29) is 10.8 Å². The lowest BCUT2D eigenvalue weighted by atomic mass is 9.82. The highest BCUT2D eigenvalue weighted by atomic mass is 16.5. The summed E-state index contributed by atoms with van der Waals surface area (Å²) in [7, 11) is 0. The van der Waals surface area contributed by atoms with Crippen LogP contribution in [0.25, 0.3) is 0 Å². The highest BCUT2D eigenvalue weighted by molar-refractivity contribution is 5.53. The van der Waals surface area contributed by atoms with Gasteiger partial charge in [-0.1, -0.05) is 99.1 Å². The Morgan fingerprint density at radius 3 is 1.79 bits per heavy atom. The summed E-state index contributed by atoms with van der Waals surface area (Å²) in [4.78, 5) is 0. The van der Waals surface area contributed by atoms with E-state index in [1.54, 1.807) is 0 Å². The van der Waals surface area contributed by atoms with Gasteiger partial charge < -0.3 is 14.8 Å². The average molecular weight is 536 g/mol. The maximum Gasteiger partial charge on any atom is 0.126 e. The van der Waals surface area contributed by atoms with E-state index in [4.69, 9.17) is 9.47 Å². The summed E-state index contributed by atoms with van der Waals surface area (Å²) in [6, 6.07) is 9.44. The Bertz CT molecular complexity index is 1070. The van der Waals surface area contributed by atoms with Gasteiger partial charge in [-0.25, -0.2) is 0 Å². The highest BCUT2D eigenvalue weighted by Crippen LogP contribution is 2.38. The molecule has 0 atom stereocenters. The Labute approximate surface area is 240 Å². The fraction of sp³-hybridized carbons (Fsp3) is 0.611. The van der Waals surface area contributed by atoms with Crippen molar-refractivity contribution in [3.05, 3.63) is 69.9 Å². The van der Waals surface area contributed by atoms with Crippen LogP contribution in [0.2, 0.25) is 0 Å². The van der Waals surface area contributed by atoms with Crippen molar-refractivity contribution in [1.82, 2.24) is 5.32 Å². The van der Waals surface area contributed by atoms with E-state index in [2.05, 4.69) is 98.5 Å². The van der Waals surface area contributed by atoms with Crippen LogP contribution in [0.4, 0.5) is 0 Å². The summed E-state index contributed by atoms with van der Waals surface area (Å²) in [5.74, 6) is 2.12. The van der Waals surface area contributed by atoms with Crippen LogP contribution in [0.3, 0.4) is 0 Å². The van der Waals surface area contributed by atoms with Gasteiger partial charge in [0.2, 0.25) is 0 Å². The Hall–Kier alpha value is -2.42. The van der Waals surface area contributed by atoms with Crippen molar-refractivity contribution < 1.29 is 9.47 Å². The predicted octanol–water partition coefficient (Wildman–Crippen LogP) is 9.59. The first-order valence-electron chi connectivity index (χ1n) is 15.2. The molecule has 0 fully saturated rings. The average Bonchev–Trinajstić information content (AvgIpc) is 2.83. The molecule has 0 unspecified atom stereocenters. The molecule has 0 bridgehead atoms. The summed E-state index contributed by atoms with van der Waals surface area (Å²) in [6.45, 7) is 28.8. The molecular formula is C36H57NO2. The topological polar surface area (TPSA) is 30.5 Å². The van der Waals surface area contributed by atoms with Crippen molar-refractivity contribution in [3.63, 3.8) is 0 Å². The van der Waals surface area contributed by atoms with Gasteiger partial charge in [-0.15, -0.1) is 0 Å². The van der Waals surface area contributed by atoms with Crippen molar-refractivity contribution in [1.29, 1.82) is 0 Å². The third kappa shape index (κ3) is 10.2. The molecule has 3 nitrogen and oxygen atoms in total. The van der Waals surface area contributed by atoms with Gasteiger partial charge in [0, 0.05) is 18.7 Å². The molecule has 1 N–H and O–H groups in total. The summed E-state index contributed by atoms with van der Waals surface area (Å²) in [5, 5.41) is 3.32. The monoisotopic (exact) mass is 535 g/mol. The van der Waals surface area contributed by atoms with Crippen molar-refractivity contribution in [3.8, 4) is 11.5 Å². The zero-order chi connectivity index (χ0) is 29.2. The molecule has 2 rings (SSSR count). The maximum absolute atomic E-state index is 6.60. The lowest BCUT2D eigenvalue weighted by Crippen LogP contribution is -2.16. The maximum atomic E-state index is 6.60. The van der Waals surface area contributed by atoms with E-state index in [1.807, 2.05) is 6.92 Å². The summed E-state index contributed by atoms with van der Waals surface area (Å²) < 4.78 is 13.1. The van der Waals surface area contributed by atoms with E-state index in [1.165, 1.54) is 46.2 Å². The molecule has 3 heteroatoms. The number of allylic oxidation sites excluding steroid dienone is 1. The fourth-order valence-corrected chi connectivity index (χ4v) is 4.82. The normalized spacial score (nSPS) is 11.9. The van der Waals surface area contributed by atoms with Crippen molar-refractivity contribution >= 4 is 0 Å². The number of nitrogens with one attached hydrogen (secondary N) is 1. The minimum atomic E-state index is 0.0636. The third-order valence-corrected chi connectivity index (χ3v) is 7.33. The number of unbranched alkanes of at least 4 members (excludes halogenated alkanes) is 3. The Morgan fingerprint density at radius 2 is 1.26 bits per heavy atom. The van der Waals surface area contributed by atoms with E-state index >= 15 is 0 Å². The van der Waals surface area contributed by atoms with Gasteiger partial charge in [0.05, 0.1) is 13.2 Å². The SMILES string of the molecule is C=C(C)NCCCCOc1c(CC)cc(C(C)(C)C)cc1Cc1cc(C(C)(C)C)cc(C)c1OCCCCC. The first kappa shape index (κ1) is 32.8. The largest absolute Gasteiger partial charge is 0.493 e. The molecule has 0 aliphatic rings. The molecule has 0 heterocycles. The lowest BCUT2D eigenvalue weighted by Gasteiger charge is -2.26. The second kappa shape index (κ2) is 14.8. The van der Waals surface area contributed by atoms with Gasteiger partial charge in [-0.2, -0.15) is 0 Å². The number of benzene rings is 2.